The molecule has 1 aliphatic rings. The molecule has 3 aromatic carbocycles. The molecule has 1 N–H and O–H groups in total. The molecule has 0 bridgehead atoms. The number of ether oxygens (including phenoxy) is 2. The van der Waals surface area contributed by atoms with Crippen LogP contribution in [0.2, 0.25) is 0 Å². The fraction of sp³-hybridized carbons (Fsp3) is 0.214. The third-order valence-corrected chi connectivity index (χ3v) is 9.13. The SMILES string of the molecule is CS(=S)C(C(=O)OCc1ccc([N+](=O)[O-])cc1)N1C(=O)C(NC(=O)COc2ccccc2)C1c1nc2ccccc2s1. The summed E-state index contributed by atoms with van der Waals surface area (Å²) >= 11 is 6.86. The number of nitrogens with zero attached hydrogens (tertiary/aromatic N) is 3. The van der Waals surface area contributed by atoms with Gasteiger partial charge < -0.3 is 19.7 Å². The maximum Gasteiger partial charge on any atom is 0.340 e. The van der Waals surface area contributed by atoms with E-state index in [4.69, 9.17) is 25.6 Å². The van der Waals surface area contributed by atoms with E-state index in [9.17, 15) is 24.5 Å². The van der Waals surface area contributed by atoms with Crippen LogP contribution < -0.4 is 10.1 Å². The highest BCUT2D eigenvalue weighted by molar-refractivity contribution is 8.29. The van der Waals surface area contributed by atoms with Crippen LogP contribution in [0.15, 0.2) is 78.9 Å². The Morgan fingerprint density at radius 1 is 1.12 bits per heavy atom. The molecule has 1 saturated heterocycles. The van der Waals surface area contributed by atoms with Crippen LogP contribution in [0, 0.1) is 10.1 Å². The van der Waals surface area contributed by atoms with Crippen molar-refractivity contribution in [2.24, 2.45) is 0 Å². The monoisotopic (exact) mass is 624 g/mol. The van der Waals surface area contributed by atoms with Crippen LogP contribution in [0.25, 0.3) is 10.2 Å². The Hall–Kier alpha value is -4.27. The summed E-state index contributed by atoms with van der Waals surface area (Å²) in [4.78, 5) is 56.1. The van der Waals surface area contributed by atoms with Crippen LogP contribution in [0.3, 0.4) is 0 Å². The van der Waals surface area contributed by atoms with E-state index in [1.807, 2.05) is 30.3 Å². The second-order valence-electron chi connectivity index (χ2n) is 9.24. The highest BCUT2D eigenvalue weighted by Gasteiger charge is 2.55. The van der Waals surface area contributed by atoms with Crippen molar-refractivity contribution in [2.45, 2.75) is 24.1 Å². The van der Waals surface area contributed by atoms with Gasteiger partial charge in [0.05, 0.1) is 15.1 Å². The largest absolute Gasteiger partial charge is 0.484 e. The number of rotatable bonds is 11. The Morgan fingerprint density at radius 2 is 1.81 bits per heavy atom. The first-order valence-corrected chi connectivity index (χ1v) is 16.0. The summed E-state index contributed by atoms with van der Waals surface area (Å²) in [6.07, 6.45) is 1.65. The minimum atomic E-state index is -1.11. The molecule has 1 aliphatic heterocycles. The lowest BCUT2D eigenvalue weighted by atomic mass is 9.95. The number of carbonyl (C=O) groups excluding carboxylic acids is 3. The number of non-ortho nitro benzene ring substituents is 1. The van der Waals surface area contributed by atoms with E-state index < -0.39 is 49.6 Å². The molecule has 216 valence electrons. The second kappa shape index (κ2) is 12.7. The molecule has 0 spiro atoms. The van der Waals surface area contributed by atoms with Crippen molar-refractivity contribution in [1.29, 1.82) is 0 Å². The molecule has 0 saturated carbocycles. The lowest BCUT2D eigenvalue weighted by molar-refractivity contribution is -0.384. The number of carbonyl (C=O) groups is 3. The van der Waals surface area contributed by atoms with E-state index in [1.54, 1.807) is 30.5 Å². The van der Waals surface area contributed by atoms with Crippen LogP contribution in [0.4, 0.5) is 5.69 Å². The summed E-state index contributed by atoms with van der Waals surface area (Å²) in [6, 6.07) is 20.1. The summed E-state index contributed by atoms with van der Waals surface area (Å²) in [7, 11) is -1.05. The minimum Gasteiger partial charge on any atom is -0.484 e. The van der Waals surface area contributed by atoms with Gasteiger partial charge in [-0.3, -0.25) is 19.7 Å². The number of hydrogen-bond acceptors (Lipinski definition) is 10. The van der Waals surface area contributed by atoms with Crippen LogP contribution in [-0.2, 0) is 46.4 Å². The van der Waals surface area contributed by atoms with Gasteiger partial charge in [-0.2, -0.15) is 0 Å². The predicted octanol–water partition coefficient (Wildman–Crippen LogP) is 3.43. The highest BCUT2D eigenvalue weighted by atomic mass is 32.8. The maximum absolute atomic E-state index is 13.5. The lowest BCUT2D eigenvalue weighted by Crippen LogP contribution is -2.70. The van der Waals surface area contributed by atoms with Crippen molar-refractivity contribution < 1.29 is 28.8 Å². The average Bonchev–Trinajstić information content (AvgIpc) is 3.41. The Kier molecular flexibility index (Phi) is 8.85. The Balaban J connectivity index is 1.36. The smallest absolute Gasteiger partial charge is 0.340 e. The summed E-state index contributed by atoms with van der Waals surface area (Å²) < 4.78 is 11.9. The van der Waals surface area contributed by atoms with E-state index >= 15 is 0 Å². The predicted molar refractivity (Wildman–Crippen MR) is 160 cm³/mol. The fourth-order valence-corrected chi connectivity index (χ4v) is 6.93. The molecule has 0 radical (unpaired) electrons. The molecular formula is C28H24N4O7S3. The first-order valence-electron chi connectivity index (χ1n) is 12.6. The molecular weight excluding hydrogens is 601 g/mol. The standard InChI is InChI=1S/C28H24N4O7S3/c1-42(40)27(28(35)39-15-17-11-13-18(14-12-17)32(36)37)31-24(25-29-20-9-5-6-10-21(20)41-25)23(26(31)34)30-22(33)16-38-19-7-3-2-4-8-19/h2-14,23-24,27H,15-16H2,1H3,(H,30,33). The number of nitrogens with one attached hydrogen (secondary N) is 1. The molecule has 14 heteroatoms. The van der Waals surface area contributed by atoms with Crippen LogP contribution >= 0.6 is 11.3 Å². The highest BCUT2D eigenvalue weighted by Crippen LogP contribution is 2.41. The number of thiazole rings is 1. The first kappa shape index (κ1) is 29.2. The van der Waals surface area contributed by atoms with Gasteiger partial charge in [0.15, 0.2) is 12.0 Å². The summed E-state index contributed by atoms with van der Waals surface area (Å²) in [5.74, 6) is -1.21. The Bertz CT molecular complexity index is 1630. The topological polar surface area (TPSA) is 141 Å². The summed E-state index contributed by atoms with van der Waals surface area (Å²) in [5.41, 5.74) is 1.17. The Labute approximate surface area is 251 Å². The Morgan fingerprint density at radius 3 is 2.48 bits per heavy atom. The van der Waals surface area contributed by atoms with E-state index in [0.29, 0.717) is 16.3 Å². The van der Waals surface area contributed by atoms with Gasteiger partial charge >= 0.3 is 5.97 Å². The van der Waals surface area contributed by atoms with Gasteiger partial charge in [-0.15, -0.1) is 11.3 Å². The molecule has 2 heterocycles. The number of amides is 2. The van der Waals surface area contributed by atoms with Crippen LogP contribution in [0.5, 0.6) is 5.75 Å². The molecule has 11 nitrogen and oxygen atoms in total. The quantitative estimate of drug-likeness (QED) is 0.115. The van der Waals surface area contributed by atoms with Gasteiger partial charge in [0.2, 0.25) is 5.91 Å². The van der Waals surface area contributed by atoms with Crippen molar-refractivity contribution in [3.8, 4) is 5.75 Å². The van der Waals surface area contributed by atoms with E-state index in [-0.39, 0.29) is 18.9 Å². The van der Waals surface area contributed by atoms with Gasteiger partial charge in [0, 0.05) is 12.1 Å². The second-order valence-corrected chi connectivity index (χ2v) is 13.3. The molecule has 0 aliphatic carbocycles. The van der Waals surface area contributed by atoms with Crippen molar-refractivity contribution in [1.82, 2.24) is 15.2 Å². The van der Waals surface area contributed by atoms with Gasteiger partial charge in [-0.05, 0) is 59.4 Å². The lowest BCUT2D eigenvalue weighted by Gasteiger charge is -2.48. The molecule has 42 heavy (non-hydrogen) atoms. The summed E-state index contributed by atoms with van der Waals surface area (Å²) in [6.45, 7) is -0.467. The van der Waals surface area contributed by atoms with E-state index in [1.165, 1.54) is 40.5 Å². The number of β-lactam (4-membered cyclic amide) rings is 1. The number of para-hydroxylation sites is 2. The summed E-state index contributed by atoms with van der Waals surface area (Å²) in [5, 5.41) is 13.1. The number of nitro groups is 1. The molecule has 4 aromatic rings. The minimum absolute atomic E-state index is 0.0873. The number of aromatic nitrogens is 1. The number of nitro benzene ring substituents is 1. The van der Waals surface area contributed by atoms with Crippen molar-refractivity contribution in [3.05, 3.63) is 99.5 Å². The first-order chi connectivity index (χ1) is 20.2. The number of likely N-dealkylation sites (tertiary alicyclic amines) is 1. The van der Waals surface area contributed by atoms with Crippen molar-refractivity contribution >= 4 is 65.7 Å². The molecule has 1 aromatic heterocycles. The molecule has 2 amide bonds. The molecule has 5 rings (SSSR count). The number of esters is 1. The van der Waals surface area contributed by atoms with E-state index in [2.05, 4.69) is 5.32 Å². The van der Waals surface area contributed by atoms with Gasteiger partial charge in [-0.1, -0.05) is 39.8 Å². The zero-order valence-corrected chi connectivity index (χ0v) is 24.5. The zero-order valence-electron chi connectivity index (χ0n) is 22.1. The van der Waals surface area contributed by atoms with Crippen LogP contribution in [-0.4, -0.2) is 56.9 Å². The van der Waals surface area contributed by atoms with Gasteiger partial charge in [0.25, 0.3) is 11.6 Å². The van der Waals surface area contributed by atoms with Crippen LogP contribution in [0.1, 0.15) is 16.6 Å². The van der Waals surface area contributed by atoms with Gasteiger partial charge in [0.1, 0.15) is 29.4 Å². The number of hydrogen-bond donors (Lipinski definition) is 1. The number of fused-ring (bicyclic) bond motifs is 1. The third-order valence-electron chi connectivity index (χ3n) is 6.43. The fourth-order valence-electron chi connectivity index (χ4n) is 4.42. The van der Waals surface area contributed by atoms with Gasteiger partial charge in [-0.25, -0.2) is 9.78 Å². The third kappa shape index (κ3) is 6.30. The zero-order chi connectivity index (χ0) is 29.8. The molecule has 4 atom stereocenters. The average molecular weight is 625 g/mol. The molecule has 4 unspecified atom stereocenters. The maximum atomic E-state index is 13.5. The van der Waals surface area contributed by atoms with Crippen molar-refractivity contribution in [2.75, 3.05) is 12.9 Å². The van der Waals surface area contributed by atoms with E-state index in [0.717, 1.165) is 10.2 Å². The van der Waals surface area contributed by atoms with Crippen molar-refractivity contribution in [3.63, 3.8) is 0 Å². The normalized spacial score (nSPS) is 17.6. The molecule has 1 fully saturated rings. The number of benzene rings is 3.